The fourth-order valence-electron chi connectivity index (χ4n) is 2.56. The van der Waals surface area contributed by atoms with Crippen molar-refractivity contribution in [3.8, 4) is 11.4 Å². The van der Waals surface area contributed by atoms with E-state index in [-0.39, 0.29) is 18.3 Å². The van der Waals surface area contributed by atoms with E-state index >= 15 is 0 Å². The number of thiazole rings is 1. The number of carbonyl (C=O) groups is 1. The predicted octanol–water partition coefficient (Wildman–Crippen LogP) is 4.03. The first-order valence-corrected chi connectivity index (χ1v) is 10.7. The highest BCUT2D eigenvalue weighted by molar-refractivity contribution is 7.99. The summed E-state index contributed by atoms with van der Waals surface area (Å²) in [6.45, 7) is 0.262. The normalized spacial score (nSPS) is 10.6. The first-order valence-electron chi connectivity index (χ1n) is 8.79. The summed E-state index contributed by atoms with van der Waals surface area (Å²) in [5.41, 5.74) is 0.909. The van der Waals surface area contributed by atoms with Crippen molar-refractivity contribution in [2.24, 2.45) is 0 Å². The van der Waals surface area contributed by atoms with Gasteiger partial charge in [-0.3, -0.25) is 9.36 Å². The van der Waals surface area contributed by atoms with Crippen molar-refractivity contribution in [1.29, 1.82) is 0 Å². The van der Waals surface area contributed by atoms with E-state index < -0.39 is 0 Å². The third-order valence-electron chi connectivity index (χ3n) is 3.84. The van der Waals surface area contributed by atoms with E-state index in [1.54, 1.807) is 6.20 Å². The zero-order valence-electron chi connectivity index (χ0n) is 15.3. The summed E-state index contributed by atoms with van der Waals surface area (Å²) in [6.07, 6.45) is 1.65. The van der Waals surface area contributed by atoms with Crippen LogP contribution in [0.2, 0.25) is 0 Å². The molecule has 1 amide bonds. The molecule has 0 saturated heterocycles. The maximum atomic E-state index is 12.2. The van der Waals surface area contributed by atoms with Gasteiger partial charge in [-0.1, -0.05) is 48.2 Å². The van der Waals surface area contributed by atoms with Gasteiger partial charge in [-0.05, 0) is 24.3 Å². The Morgan fingerprint density at radius 2 is 1.83 bits per heavy atom. The zero-order valence-corrected chi connectivity index (χ0v) is 16.9. The van der Waals surface area contributed by atoms with Crippen LogP contribution in [0.15, 0.2) is 77.4 Å². The van der Waals surface area contributed by atoms with Gasteiger partial charge in [-0.25, -0.2) is 4.98 Å². The molecule has 146 valence electrons. The number of ether oxygens (including phenoxy) is 1. The molecule has 2 heterocycles. The second-order valence-corrected chi connectivity index (χ2v) is 7.68. The number of nitrogens with one attached hydrogen (secondary N) is 1. The Bertz CT molecular complexity index is 1050. The Balaban J connectivity index is 1.50. The lowest BCUT2D eigenvalue weighted by atomic mass is 10.3. The predicted molar refractivity (Wildman–Crippen MR) is 114 cm³/mol. The number of thioether (sulfide) groups is 1. The van der Waals surface area contributed by atoms with E-state index in [0.717, 1.165) is 11.4 Å². The van der Waals surface area contributed by atoms with E-state index in [1.165, 1.54) is 23.1 Å². The molecule has 0 aliphatic rings. The molecule has 7 nitrogen and oxygen atoms in total. The van der Waals surface area contributed by atoms with Gasteiger partial charge < -0.3 is 10.1 Å². The van der Waals surface area contributed by atoms with Crippen LogP contribution in [0, 0.1) is 0 Å². The molecular formula is C20H17N5O2S2. The fourth-order valence-corrected chi connectivity index (χ4v) is 3.87. The second-order valence-electron chi connectivity index (χ2n) is 5.85. The molecule has 0 atom stereocenters. The topological polar surface area (TPSA) is 81.9 Å². The smallest absolute Gasteiger partial charge is 0.236 e. The first-order chi connectivity index (χ1) is 14.3. The van der Waals surface area contributed by atoms with Crippen molar-refractivity contribution in [2.45, 2.75) is 11.8 Å². The van der Waals surface area contributed by atoms with E-state index in [1.807, 2.05) is 70.6 Å². The number of nitrogens with zero attached hydrogens (tertiary/aromatic N) is 4. The largest absolute Gasteiger partial charge is 0.486 e. The molecular weight excluding hydrogens is 406 g/mol. The van der Waals surface area contributed by atoms with Gasteiger partial charge in [0.1, 0.15) is 12.4 Å². The highest BCUT2D eigenvalue weighted by Gasteiger charge is 2.16. The third kappa shape index (κ3) is 5.01. The SMILES string of the molecule is O=C(CSc1nnc(COc2ccccc2)n1-c1ccccc1)Nc1nccs1. The van der Waals surface area contributed by atoms with Crippen molar-refractivity contribution >= 4 is 34.1 Å². The first kappa shape index (κ1) is 19.2. The van der Waals surface area contributed by atoms with Crippen molar-refractivity contribution in [3.63, 3.8) is 0 Å². The molecule has 4 rings (SSSR count). The summed E-state index contributed by atoms with van der Waals surface area (Å²) in [5.74, 6) is 1.47. The van der Waals surface area contributed by atoms with Crippen LogP contribution in [0.1, 0.15) is 5.82 Å². The van der Waals surface area contributed by atoms with Gasteiger partial charge in [0.05, 0.1) is 5.75 Å². The molecule has 0 aliphatic carbocycles. The molecule has 29 heavy (non-hydrogen) atoms. The monoisotopic (exact) mass is 423 g/mol. The van der Waals surface area contributed by atoms with Gasteiger partial charge in [-0.2, -0.15) is 0 Å². The van der Waals surface area contributed by atoms with Crippen LogP contribution < -0.4 is 10.1 Å². The Morgan fingerprint density at radius 1 is 1.07 bits per heavy atom. The van der Waals surface area contributed by atoms with Gasteiger partial charge in [0, 0.05) is 17.3 Å². The lowest BCUT2D eigenvalue weighted by molar-refractivity contribution is -0.113. The second kappa shape index (κ2) is 9.35. The number of benzene rings is 2. The molecule has 0 spiro atoms. The van der Waals surface area contributed by atoms with Gasteiger partial charge in [0.25, 0.3) is 0 Å². The lowest BCUT2D eigenvalue weighted by Gasteiger charge is -2.11. The van der Waals surface area contributed by atoms with E-state index in [2.05, 4.69) is 20.5 Å². The molecule has 0 fully saturated rings. The highest BCUT2D eigenvalue weighted by atomic mass is 32.2. The minimum Gasteiger partial charge on any atom is -0.486 e. The van der Waals surface area contributed by atoms with Crippen LogP contribution in [0.3, 0.4) is 0 Å². The summed E-state index contributed by atoms with van der Waals surface area (Å²) in [6, 6.07) is 19.3. The maximum absolute atomic E-state index is 12.2. The zero-order chi connectivity index (χ0) is 19.9. The number of amides is 1. The average Bonchev–Trinajstić information content (AvgIpc) is 3.42. The van der Waals surface area contributed by atoms with E-state index in [4.69, 9.17) is 4.74 Å². The maximum Gasteiger partial charge on any atom is 0.236 e. The van der Waals surface area contributed by atoms with Crippen molar-refractivity contribution < 1.29 is 9.53 Å². The molecule has 0 unspecified atom stereocenters. The Kier molecular flexibility index (Phi) is 6.18. The highest BCUT2D eigenvalue weighted by Crippen LogP contribution is 2.23. The van der Waals surface area contributed by atoms with Gasteiger partial charge in [-0.15, -0.1) is 21.5 Å². The van der Waals surface area contributed by atoms with Crippen LogP contribution in [-0.2, 0) is 11.4 Å². The number of hydrogen-bond acceptors (Lipinski definition) is 7. The molecule has 0 bridgehead atoms. The van der Waals surface area contributed by atoms with Crippen LogP contribution in [-0.4, -0.2) is 31.4 Å². The minimum absolute atomic E-state index is 0.144. The molecule has 0 radical (unpaired) electrons. The van der Waals surface area contributed by atoms with Crippen molar-refractivity contribution in [2.75, 3.05) is 11.1 Å². The molecule has 0 saturated carbocycles. The Hall–Kier alpha value is -3.17. The average molecular weight is 424 g/mol. The summed E-state index contributed by atoms with van der Waals surface area (Å²) in [5, 5.41) is 14.3. The minimum atomic E-state index is -0.144. The number of para-hydroxylation sites is 2. The molecule has 9 heteroatoms. The quantitative estimate of drug-likeness (QED) is 0.431. The van der Waals surface area contributed by atoms with Crippen molar-refractivity contribution in [3.05, 3.63) is 78.1 Å². The number of aromatic nitrogens is 4. The van der Waals surface area contributed by atoms with Crippen LogP contribution in [0.4, 0.5) is 5.13 Å². The molecule has 4 aromatic rings. The molecule has 0 aliphatic heterocycles. The molecule has 2 aromatic carbocycles. The summed E-state index contributed by atoms with van der Waals surface area (Å²) >= 11 is 2.69. The van der Waals surface area contributed by atoms with Gasteiger partial charge in [0.15, 0.2) is 16.1 Å². The van der Waals surface area contributed by atoms with Crippen LogP contribution in [0.5, 0.6) is 5.75 Å². The van der Waals surface area contributed by atoms with Gasteiger partial charge in [0.2, 0.25) is 5.91 Å². The lowest BCUT2D eigenvalue weighted by Crippen LogP contribution is -2.14. The van der Waals surface area contributed by atoms with E-state index in [9.17, 15) is 4.79 Å². The number of carbonyl (C=O) groups excluding carboxylic acids is 1. The van der Waals surface area contributed by atoms with Gasteiger partial charge >= 0.3 is 0 Å². The molecule has 2 aromatic heterocycles. The number of hydrogen-bond donors (Lipinski definition) is 1. The number of rotatable bonds is 8. The summed E-state index contributed by atoms with van der Waals surface area (Å²) in [7, 11) is 0. The summed E-state index contributed by atoms with van der Waals surface area (Å²) in [4.78, 5) is 16.3. The Labute approximate surface area is 175 Å². The summed E-state index contributed by atoms with van der Waals surface area (Å²) < 4.78 is 7.75. The van der Waals surface area contributed by atoms with Crippen molar-refractivity contribution in [1.82, 2.24) is 19.7 Å². The molecule has 1 N–H and O–H groups in total. The van der Waals surface area contributed by atoms with E-state index in [0.29, 0.717) is 16.1 Å². The van der Waals surface area contributed by atoms with Crippen LogP contribution >= 0.6 is 23.1 Å². The standard InChI is InChI=1S/C20H17N5O2S2/c26-18(22-19-21-11-12-28-19)14-29-20-24-23-17(13-27-16-9-5-2-6-10-16)25(20)15-7-3-1-4-8-15/h1-12H,13-14H2,(H,21,22,26). The fraction of sp³-hybridized carbons (Fsp3) is 0.100. The van der Waals surface area contributed by atoms with Crippen LogP contribution in [0.25, 0.3) is 5.69 Å². The third-order valence-corrected chi connectivity index (χ3v) is 5.45. The number of anilines is 1. The Morgan fingerprint density at radius 3 is 2.55 bits per heavy atom.